The fourth-order valence-corrected chi connectivity index (χ4v) is 5.75. The van der Waals surface area contributed by atoms with Crippen molar-refractivity contribution in [1.82, 2.24) is 10.6 Å². The summed E-state index contributed by atoms with van der Waals surface area (Å²) in [6.07, 6.45) is 4.46. The molecule has 1 aliphatic heterocycles. The molecule has 3 aliphatic carbocycles. The van der Waals surface area contributed by atoms with Crippen LogP contribution in [0.4, 0.5) is 5.69 Å². The van der Waals surface area contributed by atoms with Gasteiger partial charge in [0.05, 0.1) is 12.7 Å². The molecule has 6 heteroatoms. The van der Waals surface area contributed by atoms with Crippen molar-refractivity contribution in [3.8, 4) is 5.75 Å². The summed E-state index contributed by atoms with van der Waals surface area (Å²) in [4.78, 5) is 25.7. The van der Waals surface area contributed by atoms with Crippen LogP contribution < -0.4 is 20.7 Å². The van der Waals surface area contributed by atoms with Crippen LogP contribution in [0.3, 0.4) is 0 Å². The Kier molecular flexibility index (Phi) is 5.08. The molecule has 0 saturated heterocycles. The summed E-state index contributed by atoms with van der Waals surface area (Å²) in [5.74, 6) is 1.52. The zero-order chi connectivity index (χ0) is 21.4. The Labute approximate surface area is 182 Å². The smallest absolute Gasteiger partial charge is 0.255 e. The molecule has 0 aromatic heterocycles. The van der Waals surface area contributed by atoms with Crippen molar-refractivity contribution in [3.05, 3.63) is 59.7 Å². The average Bonchev–Trinajstić information content (AvgIpc) is 2.79. The summed E-state index contributed by atoms with van der Waals surface area (Å²) >= 11 is 0. The van der Waals surface area contributed by atoms with E-state index in [1.54, 1.807) is 7.11 Å². The molecule has 4 aliphatic rings. The van der Waals surface area contributed by atoms with Crippen molar-refractivity contribution in [2.24, 2.45) is 17.8 Å². The van der Waals surface area contributed by atoms with Crippen LogP contribution in [0.25, 0.3) is 0 Å². The highest BCUT2D eigenvalue weighted by Gasteiger charge is 2.55. The molecule has 4 atom stereocenters. The number of rotatable bonds is 5. The van der Waals surface area contributed by atoms with Crippen molar-refractivity contribution in [1.29, 1.82) is 0 Å². The minimum absolute atomic E-state index is 0.0128. The van der Waals surface area contributed by atoms with Gasteiger partial charge in [-0.15, -0.1) is 0 Å². The molecule has 3 saturated carbocycles. The summed E-state index contributed by atoms with van der Waals surface area (Å²) in [6.45, 7) is 0.618. The van der Waals surface area contributed by atoms with Crippen LogP contribution in [0, 0.1) is 17.8 Å². The van der Waals surface area contributed by atoms with Gasteiger partial charge in [0.15, 0.2) is 0 Å². The summed E-state index contributed by atoms with van der Waals surface area (Å²) < 4.78 is 5.27. The Morgan fingerprint density at radius 2 is 2.03 bits per heavy atom. The molecule has 6 nitrogen and oxygen atoms in total. The van der Waals surface area contributed by atoms with Gasteiger partial charge in [0.2, 0.25) is 5.91 Å². The van der Waals surface area contributed by atoms with Crippen LogP contribution in [0.5, 0.6) is 5.75 Å². The zero-order valence-corrected chi connectivity index (χ0v) is 17.8. The molecule has 0 unspecified atom stereocenters. The molecule has 1 heterocycles. The van der Waals surface area contributed by atoms with E-state index in [9.17, 15) is 9.59 Å². The molecule has 3 fully saturated rings. The van der Waals surface area contributed by atoms with Crippen LogP contribution >= 0.6 is 0 Å². The van der Waals surface area contributed by atoms with Gasteiger partial charge >= 0.3 is 0 Å². The van der Waals surface area contributed by atoms with Crippen LogP contribution in [0.2, 0.25) is 0 Å². The molecule has 2 aromatic rings. The lowest BCUT2D eigenvalue weighted by Crippen LogP contribution is -2.68. The number of anilines is 1. The first kappa shape index (κ1) is 19.9. The van der Waals surface area contributed by atoms with E-state index in [4.69, 9.17) is 4.74 Å². The third kappa shape index (κ3) is 3.64. The Balaban J connectivity index is 1.22. The monoisotopic (exact) mass is 419 g/mol. The second-order valence-corrected chi connectivity index (χ2v) is 9.07. The van der Waals surface area contributed by atoms with E-state index in [-0.39, 0.29) is 29.6 Å². The summed E-state index contributed by atoms with van der Waals surface area (Å²) in [6, 6.07) is 15.6. The Hall–Kier alpha value is -3.02. The normalized spacial score (nSPS) is 28.4. The summed E-state index contributed by atoms with van der Waals surface area (Å²) in [7, 11) is 1.66. The topological polar surface area (TPSA) is 79.5 Å². The third-order valence-electron chi connectivity index (χ3n) is 7.32. The first-order valence-electron chi connectivity index (χ1n) is 11.2. The first-order valence-corrected chi connectivity index (χ1v) is 11.2. The minimum Gasteiger partial charge on any atom is -0.497 e. The third-order valence-corrected chi connectivity index (χ3v) is 7.32. The van der Waals surface area contributed by atoms with Crippen molar-refractivity contribution < 1.29 is 14.3 Å². The van der Waals surface area contributed by atoms with Crippen molar-refractivity contribution in [2.75, 3.05) is 19.0 Å². The fraction of sp³-hybridized carbons (Fsp3) is 0.440. The van der Waals surface area contributed by atoms with E-state index in [1.165, 1.54) is 0 Å². The predicted molar refractivity (Wildman–Crippen MR) is 119 cm³/mol. The lowest BCUT2D eigenvalue weighted by Gasteiger charge is -2.56. The Morgan fingerprint density at radius 3 is 2.84 bits per heavy atom. The van der Waals surface area contributed by atoms with Gasteiger partial charge in [0.1, 0.15) is 11.4 Å². The van der Waals surface area contributed by atoms with Gasteiger partial charge in [0.25, 0.3) is 5.91 Å². The van der Waals surface area contributed by atoms with Crippen LogP contribution in [0.15, 0.2) is 48.5 Å². The molecule has 6 rings (SSSR count). The molecular weight excluding hydrogens is 390 g/mol. The zero-order valence-electron chi connectivity index (χ0n) is 17.8. The number of nitrogens with one attached hydrogen (secondary N) is 3. The van der Waals surface area contributed by atoms with Gasteiger partial charge in [-0.1, -0.05) is 24.3 Å². The van der Waals surface area contributed by atoms with Crippen molar-refractivity contribution in [2.45, 2.75) is 37.8 Å². The molecule has 2 aromatic carbocycles. The quantitative estimate of drug-likeness (QED) is 0.695. The molecule has 2 bridgehead atoms. The van der Waals surface area contributed by atoms with Crippen molar-refractivity contribution >= 4 is 17.5 Å². The maximum Gasteiger partial charge on any atom is 0.255 e. The lowest BCUT2D eigenvalue weighted by molar-refractivity contribution is -0.132. The number of para-hydroxylation sites is 1. The van der Waals surface area contributed by atoms with Gasteiger partial charge in [-0.2, -0.15) is 0 Å². The van der Waals surface area contributed by atoms with E-state index in [0.717, 1.165) is 49.1 Å². The second-order valence-electron chi connectivity index (χ2n) is 9.07. The number of benzene rings is 2. The first-order chi connectivity index (χ1) is 15.1. The van der Waals surface area contributed by atoms with E-state index in [1.807, 2.05) is 42.5 Å². The van der Waals surface area contributed by atoms with E-state index in [2.05, 4.69) is 22.0 Å². The Bertz CT molecular complexity index is 1010. The number of carbonyl (C=O) groups is 2. The molecule has 3 N–H and O–H groups in total. The SMILES string of the molecule is COc1cccc(CCNC(=O)[C@@H]2C[C@H]3CC[C@@H]2C[C@@]32NC(=O)c3ccccc3N2)c1. The number of hydrogen-bond acceptors (Lipinski definition) is 4. The average molecular weight is 420 g/mol. The van der Waals surface area contributed by atoms with Crippen LogP contribution in [0.1, 0.15) is 41.6 Å². The molecule has 162 valence electrons. The maximum absolute atomic E-state index is 13.0. The van der Waals surface area contributed by atoms with Gasteiger partial charge in [0, 0.05) is 24.1 Å². The molecule has 1 spiro atoms. The van der Waals surface area contributed by atoms with Gasteiger partial charge < -0.3 is 20.7 Å². The van der Waals surface area contributed by atoms with Gasteiger partial charge in [-0.25, -0.2) is 0 Å². The van der Waals surface area contributed by atoms with E-state index >= 15 is 0 Å². The lowest BCUT2D eigenvalue weighted by atomic mass is 9.58. The number of fused-ring (bicyclic) bond motifs is 3. The van der Waals surface area contributed by atoms with E-state index < -0.39 is 5.66 Å². The predicted octanol–water partition coefficient (Wildman–Crippen LogP) is 3.34. The maximum atomic E-state index is 13.0. The van der Waals surface area contributed by atoms with Gasteiger partial charge in [-0.05, 0) is 67.9 Å². The molecular formula is C25H29N3O3. The van der Waals surface area contributed by atoms with Crippen LogP contribution in [-0.4, -0.2) is 31.1 Å². The van der Waals surface area contributed by atoms with Crippen LogP contribution in [-0.2, 0) is 11.2 Å². The number of ether oxygens (including phenoxy) is 1. The number of methoxy groups -OCH3 is 1. The van der Waals surface area contributed by atoms with Gasteiger partial charge in [-0.3, -0.25) is 9.59 Å². The van der Waals surface area contributed by atoms with Crippen molar-refractivity contribution in [3.63, 3.8) is 0 Å². The molecule has 2 amide bonds. The summed E-state index contributed by atoms with van der Waals surface area (Å²) in [5, 5.41) is 10.0. The molecule has 0 radical (unpaired) electrons. The van der Waals surface area contributed by atoms with E-state index in [0.29, 0.717) is 12.1 Å². The number of hydrogen-bond donors (Lipinski definition) is 3. The highest BCUT2D eigenvalue weighted by molar-refractivity contribution is 6.02. The fourth-order valence-electron chi connectivity index (χ4n) is 5.75. The molecule has 31 heavy (non-hydrogen) atoms. The highest BCUT2D eigenvalue weighted by Crippen LogP contribution is 2.51. The Morgan fingerprint density at radius 1 is 1.16 bits per heavy atom. The second kappa shape index (κ2) is 7.91. The largest absolute Gasteiger partial charge is 0.497 e. The number of amides is 2. The standard InChI is InChI=1S/C25H29N3O3/c1-31-19-6-4-5-16(13-19)11-12-26-23(29)21-14-18-10-9-17(21)15-25(18)27-22-8-3-2-7-20(22)24(30)28-25/h2-8,13,17-18,21,27H,9-12,14-15H2,1H3,(H,26,29)(H,28,30)/t17-,18-,21-,25-/m1/s1. The number of carbonyl (C=O) groups excluding carboxylic acids is 2. The summed E-state index contributed by atoms with van der Waals surface area (Å²) in [5.41, 5.74) is 2.32. The minimum atomic E-state index is -0.425. The highest BCUT2D eigenvalue weighted by atomic mass is 16.5.